The maximum Gasteiger partial charge on any atom is 0.123 e. The van der Waals surface area contributed by atoms with Crippen LogP contribution in [-0.2, 0) is 4.74 Å². The monoisotopic (exact) mass is 279 g/mol. The molecular formula is C17H29NO2. The normalized spacial score (nSPS) is 14.0. The molecule has 20 heavy (non-hydrogen) atoms. The lowest BCUT2D eigenvalue weighted by molar-refractivity contribution is 0.0270. The minimum atomic E-state index is 0.186. The third-order valence-corrected chi connectivity index (χ3v) is 3.41. The van der Waals surface area contributed by atoms with E-state index >= 15 is 0 Å². The van der Waals surface area contributed by atoms with E-state index in [1.807, 2.05) is 12.1 Å². The highest BCUT2D eigenvalue weighted by Crippen LogP contribution is 2.30. The maximum atomic E-state index is 5.98. The summed E-state index contributed by atoms with van der Waals surface area (Å²) in [5.74, 6) is 0.932. The van der Waals surface area contributed by atoms with Crippen LogP contribution in [0.3, 0.4) is 0 Å². The van der Waals surface area contributed by atoms with Gasteiger partial charge in [0.05, 0.1) is 19.3 Å². The average molecular weight is 279 g/mol. The zero-order chi connectivity index (χ0) is 14.8. The molecule has 1 N–H and O–H groups in total. The third kappa shape index (κ3) is 4.80. The molecule has 0 bridgehead atoms. The summed E-state index contributed by atoms with van der Waals surface area (Å²) in [5, 5.41) is 3.63. The van der Waals surface area contributed by atoms with E-state index in [0.717, 1.165) is 38.2 Å². The highest BCUT2D eigenvalue weighted by Gasteiger charge is 2.24. The van der Waals surface area contributed by atoms with Crippen molar-refractivity contribution in [2.75, 3.05) is 20.3 Å². The van der Waals surface area contributed by atoms with E-state index < -0.39 is 0 Å². The van der Waals surface area contributed by atoms with Gasteiger partial charge in [-0.25, -0.2) is 0 Å². The van der Waals surface area contributed by atoms with Crippen LogP contribution in [0.4, 0.5) is 0 Å². The number of methoxy groups -OCH3 is 1. The number of nitrogens with one attached hydrogen (secondary N) is 1. The average Bonchev–Trinajstić information content (AvgIpc) is 2.48. The van der Waals surface area contributed by atoms with Crippen molar-refractivity contribution in [1.29, 1.82) is 0 Å². The molecule has 0 fully saturated rings. The summed E-state index contributed by atoms with van der Waals surface area (Å²) in [6.07, 6.45) is 3.46. The van der Waals surface area contributed by atoms with E-state index in [9.17, 15) is 0 Å². The first-order valence-electron chi connectivity index (χ1n) is 7.76. The van der Waals surface area contributed by atoms with Crippen LogP contribution in [-0.4, -0.2) is 26.4 Å². The minimum absolute atomic E-state index is 0.186. The highest BCUT2D eigenvalue weighted by molar-refractivity contribution is 5.36. The fourth-order valence-corrected chi connectivity index (χ4v) is 2.51. The second-order valence-corrected chi connectivity index (χ2v) is 4.96. The van der Waals surface area contributed by atoms with Crippen LogP contribution in [0.5, 0.6) is 5.75 Å². The van der Waals surface area contributed by atoms with Gasteiger partial charge < -0.3 is 14.8 Å². The van der Waals surface area contributed by atoms with E-state index in [1.165, 1.54) is 5.56 Å². The van der Waals surface area contributed by atoms with Crippen molar-refractivity contribution < 1.29 is 9.47 Å². The summed E-state index contributed by atoms with van der Waals surface area (Å²) >= 11 is 0. The molecule has 2 atom stereocenters. The first kappa shape index (κ1) is 17.0. The molecule has 0 amide bonds. The Balaban J connectivity index is 3.01. The molecule has 0 radical (unpaired) electrons. The second-order valence-electron chi connectivity index (χ2n) is 4.96. The Bertz CT molecular complexity index is 362. The molecule has 1 rings (SSSR count). The first-order valence-corrected chi connectivity index (χ1v) is 7.76. The fourth-order valence-electron chi connectivity index (χ4n) is 2.51. The fraction of sp³-hybridized carbons (Fsp3) is 0.647. The molecule has 3 nitrogen and oxygen atoms in total. The van der Waals surface area contributed by atoms with Crippen LogP contribution in [0.1, 0.15) is 51.6 Å². The van der Waals surface area contributed by atoms with Crippen LogP contribution in [0.25, 0.3) is 0 Å². The molecule has 3 heteroatoms. The number of rotatable bonds is 10. The lowest BCUT2D eigenvalue weighted by atomic mass is 9.97. The largest absolute Gasteiger partial charge is 0.496 e. The van der Waals surface area contributed by atoms with E-state index in [2.05, 4.69) is 38.2 Å². The summed E-state index contributed by atoms with van der Waals surface area (Å²) in [6, 6.07) is 8.41. The summed E-state index contributed by atoms with van der Waals surface area (Å²) < 4.78 is 11.5. The van der Waals surface area contributed by atoms with Crippen molar-refractivity contribution in [3.63, 3.8) is 0 Å². The Morgan fingerprint density at radius 2 is 1.85 bits per heavy atom. The van der Waals surface area contributed by atoms with Gasteiger partial charge in [0.1, 0.15) is 5.75 Å². The van der Waals surface area contributed by atoms with Crippen LogP contribution in [0, 0.1) is 0 Å². The molecular weight excluding hydrogens is 250 g/mol. The zero-order valence-electron chi connectivity index (χ0n) is 13.3. The van der Waals surface area contributed by atoms with Crippen molar-refractivity contribution >= 4 is 0 Å². The van der Waals surface area contributed by atoms with Crippen molar-refractivity contribution in [1.82, 2.24) is 5.32 Å². The van der Waals surface area contributed by atoms with Gasteiger partial charge in [0.15, 0.2) is 0 Å². The second kappa shape index (κ2) is 9.78. The first-order chi connectivity index (χ1) is 9.78. The standard InChI is InChI=1S/C17H29NO2/c1-5-10-16(20-7-3)17(18-13-6-2)14-11-8-9-12-15(14)19-4/h8-9,11-12,16-18H,5-7,10,13H2,1-4H3. The Labute approximate surface area is 123 Å². The number of para-hydroxylation sites is 1. The van der Waals surface area contributed by atoms with E-state index in [-0.39, 0.29) is 12.1 Å². The Kier molecular flexibility index (Phi) is 8.31. The predicted octanol–water partition coefficient (Wildman–Crippen LogP) is 3.94. The van der Waals surface area contributed by atoms with Crippen molar-refractivity contribution in [2.45, 2.75) is 52.2 Å². The van der Waals surface area contributed by atoms with Crippen LogP contribution in [0.2, 0.25) is 0 Å². The molecule has 2 unspecified atom stereocenters. The van der Waals surface area contributed by atoms with Gasteiger partial charge in [-0.15, -0.1) is 0 Å². The van der Waals surface area contributed by atoms with E-state index in [4.69, 9.17) is 9.47 Å². The SMILES string of the molecule is CCCNC(c1ccccc1OC)C(CCC)OCC. The summed E-state index contributed by atoms with van der Waals surface area (Å²) in [4.78, 5) is 0. The molecule has 0 saturated carbocycles. The van der Waals surface area contributed by atoms with Gasteiger partial charge in [-0.3, -0.25) is 0 Å². The van der Waals surface area contributed by atoms with Crippen molar-refractivity contribution in [3.8, 4) is 5.75 Å². The van der Waals surface area contributed by atoms with Crippen LogP contribution >= 0.6 is 0 Å². The molecule has 1 aromatic carbocycles. The number of benzene rings is 1. The van der Waals surface area contributed by atoms with Crippen LogP contribution in [0.15, 0.2) is 24.3 Å². The lowest BCUT2D eigenvalue weighted by Gasteiger charge is -2.29. The zero-order valence-corrected chi connectivity index (χ0v) is 13.3. The maximum absolute atomic E-state index is 5.98. The third-order valence-electron chi connectivity index (χ3n) is 3.41. The van der Waals surface area contributed by atoms with Crippen molar-refractivity contribution in [3.05, 3.63) is 29.8 Å². The highest BCUT2D eigenvalue weighted by atomic mass is 16.5. The van der Waals surface area contributed by atoms with Gasteiger partial charge >= 0.3 is 0 Å². The molecule has 114 valence electrons. The molecule has 0 aliphatic rings. The number of ether oxygens (including phenoxy) is 2. The predicted molar refractivity (Wildman–Crippen MR) is 84.4 cm³/mol. The minimum Gasteiger partial charge on any atom is -0.496 e. The number of hydrogen-bond donors (Lipinski definition) is 1. The molecule has 0 aliphatic heterocycles. The van der Waals surface area contributed by atoms with Crippen LogP contribution < -0.4 is 10.1 Å². The Hall–Kier alpha value is -1.06. The smallest absolute Gasteiger partial charge is 0.123 e. The summed E-state index contributed by atoms with van der Waals surface area (Å²) in [6.45, 7) is 8.16. The van der Waals surface area contributed by atoms with Gasteiger partial charge in [-0.05, 0) is 32.4 Å². The number of hydrogen-bond acceptors (Lipinski definition) is 3. The lowest BCUT2D eigenvalue weighted by Crippen LogP contribution is -2.34. The molecule has 0 saturated heterocycles. The van der Waals surface area contributed by atoms with Crippen molar-refractivity contribution in [2.24, 2.45) is 0 Å². The molecule has 0 aliphatic carbocycles. The molecule has 0 spiro atoms. The quantitative estimate of drug-likeness (QED) is 0.703. The van der Waals surface area contributed by atoms with Gasteiger partial charge in [0.25, 0.3) is 0 Å². The van der Waals surface area contributed by atoms with Gasteiger partial charge in [0, 0.05) is 12.2 Å². The summed E-state index contributed by atoms with van der Waals surface area (Å²) in [5.41, 5.74) is 1.19. The Morgan fingerprint density at radius 3 is 2.45 bits per heavy atom. The molecule has 0 aromatic heterocycles. The Morgan fingerprint density at radius 1 is 1.10 bits per heavy atom. The van der Waals surface area contributed by atoms with E-state index in [1.54, 1.807) is 7.11 Å². The van der Waals surface area contributed by atoms with Gasteiger partial charge in [0.2, 0.25) is 0 Å². The summed E-state index contributed by atoms with van der Waals surface area (Å²) in [7, 11) is 1.73. The van der Waals surface area contributed by atoms with Gasteiger partial charge in [-0.1, -0.05) is 38.5 Å². The molecule has 1 aromatic rings. The van der Waals surface area contributed by atoms with E-state index in [0.29, 0.717) is 0 Å². The topological polar surface area (TPSA) is 30.5 Å². The van der Waals surface area contributed by atoms with Gasteiger partial charge in [-0.2, -0.15) is 0 Å². The molecule has 0 heterocycles.